The van der Waals surface area contributed by atoms with Crippen LogP contribution in [0.25, 0.3) is 11.0 Å². The molecule has 0 saturated carbocycles. The molecule has 0 bridgehead atoms. The number of anilines is 1. The van der Waals surface area contributed by atoms with Crippen LogP contribution in [0.1, 0.15) is 37.7 Å². The number of methoxy groups -OCH3 is 1. The summed E-state index contributed by atoms with van der Waals surface area (Å²) in [6.45, 7) is 9.05. The van der Waals surface area contributed by atoms with Crippen LogP contribution in [-0.2, 0) is 28.9 Å². The molecule has 5 heteroatoms. The molecule has 3 aromatic rings. The molecule has 1 unspecified atom stereocenters. The highest BCUT2D eigenvalue weighted by Crippen LogP contribution is 2.29. The maximum absolute atomic E-state index is 13.7. The number of aryl methyl sites for hydroxylation is 3. The molecule has 1 amide bonds. The van der Waals surface area contributed by atoms with Gasteiger partial charge in [-0.2, -0.15) is 0 Å². The van der Waals surface area contributed by atoms with Crippen LogP contribution in [0.5, 0.6) is 0 Å². The molecule has 1 atom stereocenters. The zero-order valence-corrected chi connectivity index (χ0v) is 18.1. The molecule has 1 heterocycles. The number of aromatic nitrogens is 2. The van der Waals surface area contributed by atoms with Crippen LogP contribution in [0.15, 0.2) is 42.5 Å². The predicted molar refractivity (Wildman–Crippen MR) is 118 cm³/mol. The smallest absolute Gasteiger partial charge is 0.247 e. The maximum Gasteiger partial charge on any atom is 0.247 e. The molecule has 2 aromatic carbocycles. The van der Waals surface area contributed by atoms with Gasteiger partial charge in [-0.3, -0.25) is 4.79 Å². The van der Waals surface area contributed by atoms with Gasteiger partial charge in [0.15, 0.2) is 0 Å². The van der Waals surface area contributed by atoms with E-state index < -0.39 is 0 Å². The van der Waals surface area contributed by atoms with Gasteiger partial charge in [0.2, 0.25) is 5.91 Å². The third kappa shape index (κ3) is 4.20. The number of amides is 1. The number of benzene rings is 2. The number of nitrogens with zero attached hydrogens (tertiary/aromatic N) is 3. The molecule has 5 nitrogen and oxygen atoms in total. The molecular formula is C24H31N3O2. The molecule has 0 aliphatic heterocycles. The lowest BCUT2D eigenvalue weighted by Gasteiger charge is -2.32. The van der Waals surface area contributed by atoms with E-state index in [0.29, 0.717) is 6.61 Å². The number of rotatable bonds is 8. The monoisotopic (exact) mass is 393 g/mol. The highest BCUT2D eigenvalue weighted by Gasteiger charge is 2.26. The summed E-state index contributed by atoms with van der Waals surface area (Å²) in [6, 6.07) is 14.2. The molecule has 0 aliphatic rings. The second kappa shape index (κ2) is 9.23. The number of carbonyl (C=O) groups excluding carboxylic acids is 1. The molecule has 0 spiro atoms. The summed E-state index contributed by atoms with van der Waals surface area (Å²) in [5.41, 5.74) is 5.21. The van der Waals surface area contributed by atoms with Crippen molar-refractivity contribution >= 4 is 22.6 Å². The first kappa shape index (κ1) is 21.1. The van der Waals surface area contributed by atoms with Gasteiger partial charge in [0.1, 0.15) is 12.4 Å². The normalized spacial score (nSPS) is 12.3. The molecular weight excluding hydrogens is 362 g/mol. The summed E-state index contributed by atoms with van der Waals surface area (Å²) < 4.78 is 7.46. The van der Waals surface area contributed by atoms with Gasteiger partial charge < -0.3 is 14.2 Å². The van der Waals surface area contributed by atoms with Gasteiger partial charge in [-0.25, -0.2) is 4.98 Å². The second-order valence-electron chi connectivity index (χ2n) is 7.46. The Balaban J connectivity index is 2.06. The summed E-state index contributed by atoms with van der Waals surface area (Å²) >= 11 is 0. The van der Waals surface area contributed by atoms with Gasteiger partial charge in [0.05, 0.1) is 29.4 Å². The predicted octanol–water partition coefficient (Wildman–Crippen LogP) is 4.54. The number of para-hydroxylation sites is 3. The molecule has 1 aromatic heterocycles. The van der Waals surface area contributed by atoms with Crippen molar-refractivity contribution in [1.82, 2.24) is 9.55 Å². The van der Waals surface area contributed by atoms with Crippen LogP contribution in [0, 0.1) is 6.92 Å². The zero-order chi connectivity index (χ0) is 21.0. The molecule has 154 valence electrons. The van der Waals surface area contributed by atoms with E-state index in [2.05, 4.69) is 39.0 Å². The van der Waals surface area contributed by atoms with Crippen molar-refractivity contribution < 1.29 is 9.53 Å². The van der Waals surface area contributed by atoms with Crippen LogP contribution in [-0.4, -0.2) is 35.2 Å². The van der Waals surface area contributed by atoms with Gasteiger partial charge in [-0.15, -0.1) is 0 Å². The topological polar surface area (TPSA) is 47.4 Å². The van der Waals surface area contributed by atoms with Gasteiger partial charge in [0.25, 0.3) is 0 Å². The van der Waals surface area contributed by atoms with E-state index >= 15 is 0 Å². The standard InChI is InChI=1S/C24H31N3O2/c1-6-19-12-10-11-17(3)24(19)27(18(4)16-29-5)23(28)15-26-21-14-9-8-13-20(21)25-22(26)7-2/h8-14,18H,6-7,15-16H2,1-5H3. The Morgan fingerprint density at radius 1 is 1.14 bits per heavy atom. The van der Waals surface area contributed by atoms with Crippen molar-refractivity contribution in [3.05, 3.63) is 59.4 Å². The fraction of sp³-hybridized carbons (Fsp3) is 0.417. The third-order valence-corrected chi connectivity index (χ3v) is 5.40. The van der Waals surface area contributed by atoms with E-state index in [-0.39, 0.29) is 18.5 Å². The van der Waals surface area contributed by atoms with Crippen LogP contribution in [0.2, 0.25) is 0 Å². The molecule has 3 rings (SSSR count). The van der Waals surface area contributed by atoms with E-state index in [4.69, 9.17) is 9.72 Å². The molecule has 0 saturated heterocycles. The summed E-state index contributed by atoms with van der Waals surface area (Å²) in [7, 11) is 1.68. The highest BCUT2D eigenvalue weighted by molar-refractivity contribution is 5.96. The molecule has 29 heavy (non-hydrogen) atoms. The summed E-state index contributed by atoms with van der Waals surface area (Å²) in [6.07, 6.45) is 1.65. The second-order valence-corrected chi connectivity index (χ2v) is 7.46. The van der Waals surface area contributed by atoms with Gasteiger partial charge in [0, 0.05) is 13.5 Å². The number of imidazole rings is 1. The van der Waals surface area contributed by atoms with Gasteiger partial charge >= 0.3 is 0 Å². The number of fused-ring (bicyclic) bond motifs is 1. The number of hydrogen-bond acceptors (Lipinski definition) is 3. The zero-order valence-electron chi connectivity index (χ0n) is 18.1. The Morgan fingerprint density at radius 2 is 1.90 bits per heavy atom. The Morgan fingerprint density at radius 3 is 2.59 bits per heavy atom. The average Bonchev–Trinajstić information content (AvgIpc) is 3.07. The Labute approximate surface area is 173 Å². The van der Waals surface area contributed by atoms with E-state index in [0.717, 1.165) is 41.0 Å². The quantitative estimate of drug-likeness (QED) is 0.565. The highest BCUT2D eigenvalue weighted by atomic mass is 16.5. The van der Waals surface area contributed by atoms with E-state index in [1.807, 2.05) is 40.7 Å². The largest absolute Gasteiger partial charge is 0.383 e. The van der Waals surface area contributed by atoms with Crippen molar-refractivity contribution in [3.63, 3.8) is 0 Å². The first-order valence-corrected chi connectivity index (χ1v) is 10.3. The first-order valence-electron chi connectivity index (χ1n) is 10.3. The molecule has 0 N–H and O–H groups in total. The van der Waals surface area contributed by atoms with Gasteiger partial charge in [-0.1, -0.05) is 44.2 Å². The number of hydrogen-bond donors (Lipinski definition) is 0. The van der Waals surface area contributed by atoms with Crippen molar-refractivity contribution in [1.29, 1.82) is 0 Å². The van der Waals surface area contributed by atoms with E-state index in [9.17, 15) is 4.79 Å². The van der Waals surface area contributed by atoms with Crippen molar-refractivity contribution in [2.45, 2.75) is 53.1 Å². The average molecular weight is 394 g/mol. The minimum atomic E-state index is -0.0706. The SMILES string of the molecule is CCc1cccc(C)c1N(C(=O)Cn1c(CC)nc2ccccc21)C(C)COC. The Bertz CT molecular complexity index is 993. The van der Waals surface area contributed by atoms with E-state index in [1.54, 1.807) is 7.11 Å². The van der Waals surface area contributed by atoms with Crippen LogP contribution < -0.4 is 4.90 Å². The van der Waals surface area contributed by atoms with Crippen molar-refractivity contribution in [3.8, 4) is 0 Å². The minimum Gasteiger partial charge on any atom is -0.383 e. The maximum atomic E-state index is 13.7. The van der Waals surface area contributed by atoms with Crippen LogP contribution in [0.4, 0.5) is 5.69 Å². The summed E-state index contributed by atoms with van der Waals surface area (Å²) in [4.78, 5) is 20.3. The third-order valence-electron chi connectivity index (χ3n) is 5.40. The lowest BCUT2D eigenvalue weighted by atomic mass is 10.0. The molecule has 0 fully saturated rings. The number of ether oxygens (including phenoxy) is 1. The fourth-order valence-electron chi connectivity index (χ4n) is 4.04. The van der Waals surface area contributed by atoms with Gasteiger partial charge in [-0.05, 0) is 43.5 Å². The fourth-order valence-corrected chi connectivity index (χ4v) is 4.04. The van der Waals surface area contributed by atoms with Crippen LogP contribution in [0.3, 0.4) is 0 Å². The van der Waals surface area contributed by atoms with Crippen LogP contribution >= 0.6 is 0 Å². The summed E-state index contributed by atoms with van der Waals surface area (Å²) in [5, 5.41) is 0. The minimum absolute atomic E-state index is 0.0522. The summed E-state index contributed by atoms with van der Waals surface area (Å²) in [5.74, 6) is 0.982. The molecule has 0 radical (unpaired) electrons. The molecule has 0 aliphatic carbocycles. The Hall–Kier alpha value is -2.66. The lowest BCUT2D eigenvalue weighted by molar-refractivity contribution is -0.119. The lowest BCUT2D eigenvalue weighted by Crippen LogP contribution is -2.44. The van der Waals surface area contributed by atoms with Crippen molar-refractivity contribution in [2.24, 2.45) is 0 Å². The first-order chi connectivity index (χ1) is 14.0. The Kier molecular flexibility index (Phi) is 6.70. The van der Waals surface area contributed by atoms with E-state index in [1.165, 1.54) is 5.56 Å². The van der Waals surface area contributed by atoms with Crippen molar-refractivity contribution in [2.75, 3.05) is 18.6 Å². The number of carbonyl (C=O) groups is 1.